The summed E-state index contributed by atoms with van der Waals surface area (Å²) in [5, 5.41) is 13.3. The maximum atomic E-state index is 14.3. The summed E-state index contributed by atoms with van der Waals surface area (Å²) in [5.74, 6) is -8.31. The lowest BCUT2D eigenvalue weighted by Crippen LogP contribution is -2.50. The van der Waals surface area contributed by atoms with Gasteiger partial charge in [0.2, 0.25) is 65.0 Å². The van der Waals surface area contributed by atoms with Crippen molar-refractivity contribution in [1.82, 2.24) is 153 Å². The number of nitrogens with two attached hydrogens (primary N) is 3. The van der Waals surface area contributed by atoms with Crippen LogP contribution >= 0.6 is 12.1 Å². The molecule has 0 spiro atoms. The van der Waals surface area contributed by atoms with Crippen molar-refractivity contribution in [3.63, 3.8) is 0 Å². The van der Waals surface area contributed by atoms with E-state index in [4.69, 9.17) is 17.2 Å². The van der Waals surface area contributed by atoms with Gasteiger partial charge in [0.05, 0.1) is 51.7 Å². The predicted molar refractivity (Wildman–Crippen MR) is 432 cm³/mol. The molecule has 0 saturated carbocycles. The first-order valence-electron chi connectivity index (χ1n) is 37.5. The molecule has 0 saturated heterocycles. The highest BCUT2D eigenvalue weighted by Gasteiger charge is 2.28. The third-order valence-corrected chi connectivity index (χ3v) is 19.1. The van der Waals surface area contributed by atoms with Crippen LogP contribution in [0.2, 0.25) is 0 Å². The van der Waals surface area contributed by atoms with Crippen molar-refractivity contribution in [3.05, 3.63) is 136 Å². The number of carbonyl (C=O) groups is 12. The Labute approximate surface area is 692 Å². The van der Waals surface area contributed by atoms with Gasteiger partial charge in [-0.05, 0) is 27.8 Å². The zero-order valence-corrected chi connectivity index (χ0v) is 67.6. The molecule has 0 radical (unpaired) electrons. The molecule has 122 heavy (non-hydrogen) atoms. The van der Waals surface area contributed by atoms with Gasteiger partial charge in [0.25, 0.3) is 16.7 Å². The minimum absolute atomic E-state index is 0.00751. The number of carbonyl (C=O) groups excluding carboxylic acids is 12. The van der Waals surface area contributed by atoms with Crippen molar-refractivity contribution in [2.24, 2.45) is 0 Å². The lowest BCUT2D eigenvalue weighted by atomic mass is 10.2. The van der Waals surface area contributed by atoms with Crippen LogP contribution < -0.4 is 87.0 Å². The average molecular weight is 1720 g/mol. The van der Waals surface area contributed by atoms with Gasteiger partial charge in [0.1, 0.15) is 81.3 Å². The van der Waals surface area contributed by atoms with Crippen LogP contribution in [-0.2, 0) is 96.8 Å². The van der Waals surface area contributed by atoms with E-state index < -0.39 is 184 Å². The van der Waals surface area contributed by atoms with Gasteiger partial charge in [-0.15, -0.1) is 0 Å². The normalized spacial score (nSPS) is 11.1. The smallest absolute Gasteiger partial charge is 0.328 e. The fourth-order valence-corrected chi connectivity index (χ4v) is 12.3. The first kappa shape index (κ1) is 91.1. The second-order valence-corrected chi connectivity index (χ2v) is 28.0. The number of hydrogen-bond donors (Lipinski definition) is 13. The van der Waals surface area contributed by atoms with Crippen LogP contribution in [0.1, 0.15) is 30.0 Å². The standard InChI is InChI=1S/C69H90N34O18S/c1-6-43(104)22-92(52(113)31-101-37-84-55-58(70)78-34-81-61(55)101)14-8-74-46(107)25-95(53(114)32-102-38-85-56-59(71)79-35-82-62(56)102)16-10-76-47(108)26-97(54(115)33-103-39-86-57-60(72)80-36-83-63(57)103)18-12-87-122-91-48(109)27-96(51(112)30-100-21-42(4)66(118)90-69(100)121)17-11-77-45(106)24-94(50(111)29-99-20-41(3)65(117)89-68(99)120)15-9-75-44(105)23-93(13-7-73-5)49(110)28-98-19-40(2)64(116)88-67(98)119/h19-21,34-39,73,87H,6-18,22-33H2,1-5H3,(H,74,107)(H,75,105)(H,76,108)(H,77,106)(H,91,109)(H2,70,78,81)(H2,71,79,82)(H2,72,80,83)(H,88,116,119)(H,89,117,120)(H,90,118,121). The van der Waals surface area contributed by atoms with Gasteiger partial charge in [0, 0.05) is 132 Å². The molecule has 0 aliphatic rings. The van der Waals surface area contributed by atoms with Gasteiger partial charge >= 0.3 is 17.1 Å². The molecular formula is C69H90N34O18S. The molecule has 9 heterocycles. The lowest BCUT2D eigenvalue weighted by molar-refractivity contribution is -0.138. The summed E-state index contributed by atoms with van der Waals surface area (Å²) in [6.07, 6.45) is 11.0. The first-order chi connectivity index (χ1) is 58.3. The van der Waals surface area contributed by atoms with Crippen LogP contribution in [0.15, 0.2) is 85.3 Å². The van der Waals surface area contributed by atoms with E-state index in [1.807, 2.05) is 0 Å². The molecule has 0 bridgehead atoms. The predicted octanol–water partition coefficient (Wildman–Crippen LogP) is -10.3. The average Bonchev–Trinajstić information content (AvgIpc) is 1.55. The Bertz CT molecular complexity index is 5790. The number of aromatic nitrogens is 18. The van der Waals surface area contributed by atoms with Crippen LogP contribution in [0.4, 0.5) is 17.5 Å². The number of hydrogen-bond acceptors (Lipinski definition) is 33. The molecule has 0 fully saturated rings. The number of imidazole rings is 3. The molecule has 0 aliphatic carbocycles. The van der Waals surface area contributed by atoms with E-state index in [1.54, 1.807) is 14.0 Å². The van der Waals surface area contributed by atoms with Crippen molar-refractivity contribution in [1.29, 1.82) is 0 Å². The Morgan fingerprint density at radius 3 is 0.934 bits per heavy atom. The third kappa shape index (κ3) is 25.4. The third-order valence-electron chi connectivity index (χ3n) is 18.4. The second-order valence-electron chi connectivity index (χ2n) is 27.3. The first-order valence-corrected chi connectivity index (χ1v) is 38.3. The number of likely N-dealkylation sites (N-methyl/N-ethyl adjacent to an activating group) is 1. The summed E-state index contributed by atoms with van der Waals surface area (Å²) in [7, 11) is 1.60. The number of ketones is 1. The van der Waals surface area contributed by atoms with E-state index in [1.165, 1.54) is 77.2 Å². The number of aromatic amines is 3. The number of Topliss-reactive ketones (excluding diaryl/α,β-unsaturated/α-hetero) is 1. The van der Waals surface area contributed by atoms with E-state index in [0.717, 1.165) is 56.9 Å². The topological polar surface area (TPSA) is 682 Å². The van der Waals surface area contributed by atoms with E-state index >= 15 is 0 Å². The molecule has 9 aromatic rings. The molecular weight excluding hydrogens is 1630 g/mol. The number of fused-ring (bicyclic) bond motifs is 3. The molecule has 9 rings (SSSR count). The molecule has 16 N–H and O–H groups in total. The Hall–Kier alpha value is -14.8. The zero-order chi connectivity index (χ0) is 88.4. The van der Waals surface area contributed by atoms with Crippen LogP contribution in [0.25, 0.3) is 33.5 Å². The summed E-state index contributed by atoms with van der Waals surface area (Å²) in [6, 6.07) is 0. The summed E-state index contributed by atoms with van der Waals surface area (Å²) in [5.41, 5.74) is 14.6. The number of H-pyrrole nitrogens is 3. The molecule has 11 amide bonds. The quantitative estimate of drug-likeness (QED) is 0.0124. The van der Waals surface area contributed by atoms with Gasteiger partial charge < -0.3 is 86.9 Å². The maximum absolute atomic E-state index is 14.3. The van der Waals surface area contributed by atoms with Gasteiger partial charge in [0.15, 0.2) is 40.2 Å². The summed E-state index contributed by atoms with van der Waals surface area (Å²) >= 11 is 0.592. The van der Waals surface area contributed by atoms with Crippen molar-refractivity contribution < 1.29 is 57.5 Å². The fourth-order valence-electron chi connectivity index (χ4n) is 11.8. The van der Waals surface area contributed by atoms with Gasteiger partial charge in [-0.25, -0.2) is 64.0 Å². The number of amides is 11. The Balaban J connectivity index is 0.831. The van der Waals surface area contributed by atoms with Crippen molar-refractivity contribution >= 4 is 134 Å². The van der Waals surface area contributed by atoms with E-state index in [9.17, 15) is 86.3 Å². The minimum Gasteiger partial charge on any atom is -0.382 e. The Morgan fingerprint density at radius 2 is 0.639 bits per heavy atom. The van der Waals surface area contributed by atoms with E-state index in [2.05, 4.69) is 95.8 Å². The molecule has 0 aromatic carbocycles. The van der Waals surface area contributed by atoms with Crippen molar-refractivity contribution in [3.8, 4) is 0 Å². The number of aryl methyl sites for hydroxylation is 3. The summed E-state index contributed by atoms with van der Waals surface area (Å²) < 4.78 is 12.2. The second kappa shape index (κ2) is 43.1. The van der Waals surface area contributed by atoms with Crippen LogP contribution in [0, 0.1) is 20.8 Å². The molecule has 53 heteroatoms. The highest BCUT2D eigenvalue weighted by molar-refractivity contribution is 7.96. The van der Waals surface area contributed by atoms with E-state index in [-0.39, 0.29) is 152 Å². The molecule has 0 aliphatic heterocycles. The largest absolute Gasteiger partial charge is 0.382 e. The Morgan fingerprint density at radius 1 is 0.369 bits per heavy atom. The van der Waals surface area contributed by atoms with Gasteiger partial charge in [-0.3, -0.25) is 105 Å². The lowest BCUT2D eigenvalue weighted by Gasteiger charge is -2.25. The number of nitrogen functional groups attached to an aromatic ring is 3. The molecule has 52 nitrogen and oxygen atoms in total. The molecule has 0 atom stereocenters. The SMILES string of the molecule is CCC(=O)CN(CCNC(=O)CN(CCNC(=O)CN(CCNSNC(=O)CN(CCNC(=O)CN(CCNC(=O)CN(CCNC)C(=O)Cn1cc(C)c(=O)[nH]c1=O)C(=O)Cn1cc(C)c(=O)[nH]c1=O)C(=O)Cn1cc(C)c(=O)[nH]c1=O)C(=O)Cn1cnc2c(N)ncnc21)C(=O)Cn1cnc2c(N)ncnc21)C(=O)Cn1cnc2c(N)ncnc21. The zero-order valence-electron chi connectivity index (χ0n) is 66.8. The van der Waals surface area contributed by atoms with Crippen LogP contribution in [-0.4, -0.2) is 312 Å². The van der Waals surface area contributed by atoms with Crippen LogP contribution in [0.5, 0.6) is 0 Å². The highest BCUT2D eigenvalue weighted by atomic mass is 32.2. The number of anilines is 3. The highest BCUT2D eigenvalue weighted by Crippen LogP contribution is 2.18. The summed E-state index contributed by atoms with van der Waals surface area (Å²) in [6.45, 7) is -3.63. The monoisotopic (exact) mass is 1710 g/mol. The van der Waals surface area contributed by atoms with Crippen molar-refractivity contribution in [2.75, 3.05) is 142 Å². The number of rotatable bonds is 45. The number of nitrogens with one attached hydrogen (secondary N) is 10. The van der Waals surface area contributed by atoms with Crippen molar-refractivity contribution in [2.45, 2.75) is 73.4 Å². The van der Waals surface area contributed by atoms with E-state index in [0.29, 0.717) is 12.1 Å². The fraction of sp³-hybridized carbons (Fsp3) is 0.435. The van der Waals surface area contributed by atoms with Gasteiger partial charge in [-0.2, -0.15) is 0 Å². The molecule has 650 valence electrons. The van der Waals surface area contributed by atoms with Crippen LogP contribution in [0.3, 0.4) is 0 Å². The Kier molecular flexibility index (Phi) is 32.2. The maximum Gasteiger partial charge on any atom is 0.328 e. The molecule has 0 unspecified atom stereocenters. The minimum atomic E-state index is -0.975. The van der Waals surface area contributed by atoms with Gasteiger partial charge in [-0.1, -0.05) is 6.92 Å². The molecule has 9 aromatic heterocycles. The summed E-state index contributed by atoms with van der Waals surface area (Å²) in [4.78, 5) is 290. The number of nitrogens with zero attached hydrogens (tertiary/aromatic N) is 21.